The molecule has 132 valence electrons. The molecule has 2 amide bonds. The van der Waals surface area contributed by atoms with Crippen LogP contribution in [0.25, 0.3) is 0 Å². The topological polar surface area (TPSA) is 75.4 Å². The largest absolute Gasteiger partial charge is 0.363 e. The van der Waals surface area contributed by atoms with Gasteiger partial charge in [-0.15, -0.1) is 0 Å². The number of nitrogens with one attached hydrogen (secondary N) is 1. The first kappa shape index (κ1) is 17.2. The van der Waals surface area contributed by atoms with Gasteiger partial charge in [-0.3, -0.25) is 9.59 Å². The third-order valence-corrected chi connectivity index (χ3v) is 4.76. The van der Waals surface area contributed by atoms with Gasteiger partial charge >= 0.3 is 0 Å². The minimum absolute atomic E-state index is 0.00702. The second kappa shape index (κ2) is 7.51. The summed E-state index contributed by atoms with van der Waals surface area (Å²) in [6, 6.07) is 11.7. The van der Waals surface area contributed by atoms with Gasteiger partial charge in [0.1, 0.15) is 12.8 Å². The van der Waals surface area contributed by atoms with Crippen LogP contribution < -0.4 is 5.32 Å². The fourth-order valence-corrected chi connectivity index (χ4v) is 3.03. The number of nitrogens with zero attached hydrogens (tertiary/aromatic N) is 2. The van der Waals surface area contributed by atoms with E-state index in [2.05, 4.69) is 22.6 Å². The van der Waals surface area contributed by atoms with Crippen molar-refractivity contribution in [2.24, 2.45) is 5.92 Å². The second-order valence-electron chi connectivity index (χ2n) is 6.52. The Morgan fingerprint density at radius 3 is 2.72 bits per heavy atom. The summed E-state index contributed by atoms with van der Waals surface area (Å²) in [4.78, 5) is 26.9. The van der Waals surface area contributed by atoms with Crippen LogP contribution in [-0.2, 0) is 9.59 Å². The summed E-state index contributed by atoms with van der Waals surface area (Å²) < 4.78 is 4.70. The lowest BCUT2D eigenvalue weighted by Gasteiger charge is -2.28. The van der Waals surface area contributed by atoms with Crippen LogP contribution in [0, 0.1) is 5.92 Å². The van der Waals surface area contributed by atoms with Crippen molar-refractivity contribution in [3.05, 3.63) is 48.2 Å². The molecule has 2 aromatic rings. The molecule has 1 saturated carbocycles. The fraction of sp³-hybridized carbons (Fsp3) is 0.421. The molecule has 6 nitrogen and oxygen atoms in total. The third-order valence-electron chi connectivity index (χ3n) is 4.76. The van der Waals surface area contributed by atoms with Crippen molar-refractivity contribution < 1.29 is 14.1 Å². The number of carbonyl (C=O) groups excluding carboxylic acids is 2. The van der Waals surface area contributed by atoms with E-state index < -0.39 is 0 Å². The first-order valence-corrected chi connectivity index (χ1v) is 8.65. The highest BCUT2D eigenvalue weighted by atomic mass is 16.5. The molecule has 1 N–H and O–H groups in total. The summed E-state index contributed by atoms with van der Waals surface area (Å²) in [5.74, 6) is 0.378. The molecule has 1 aliphatic carbocycles. The van der Waals surface area contributed by atoms with Gasteiger partial charge in [0, 0.05) is 18.0 Å². The number of rotatable bonds is 7. The quantitative estimate of drug-likeness (QED) is 0.840. The van der Waals surface area contributed by atoms with Crippen molar-refractivity contribution in [1.82, 2.24) is 10.1 Å². The number of hydrogen-bond donors (Lipinski definition) is 1. The van der Waals surface area contributed by atoms with Crippen molar-refractivity contribution in [3.63, 3.8) is 0 Å². The van der Waals surface area contributed by atoms with Crippen LogP contribution in [0.2, 0.25) is 0 Å². The van der Waals surface area contributed by atoms with E-state index in [1.54, 1.807) is 11.0 Å². The van der Waals surface area contributed by atoms with Gasteiger partial charge in [0.25, 0.3) is 0 Å². The number of aromatic nitrogens is 1. The lowest BCUT2D eigenvalue weighted by atomic mass is 10.1. The minimum Gasteiger partial charge on any atom is -0.363 e. The fourth-order valence-electron chi connectivity index (χ4n) is 3.03. The maximum atomic E-state index is 12.9. The van der Waals surface area contributed by atoms with E-state index >= 15 is 0 Å². The van der Waals surface area contributed by atoms with Crippen molar-refractivity contribution in [3.8, 4) is 0 Å². The number of benzene rings is 1. The summed E-state index contributed by atoms with van der Waals surface area (Å²) >= 11 is 0. The number of anilines is 1. The lowest BCUT2D eigenvalue weighted by Crippen LogP contribution is -2.44. The molecule has 3 atom stereocenters. The summed E-state index contributed by atoms with van der Waals surface area (Å²) in [5.41, 5.74) is 1.19. The molecule has 0 radical (unpaired) electrons. The number of carbonyl (C=O) groups is 2. The highest BCUT2D eigenvalue weighted by molar-refractivity contribution is 5.94. The maximum Gasteiger partial charge on any atom is 0.245 e. The Morgan fingerprint density at radius 1 is 1.32 bits per heavy atom. The van der Waals surface area contributed by atoms with Gasteiger partial charge in [0.2, 0.25) is 11.8 Å². The third kappa shape index (κ3) is 4.07. The Balaban J connectivity index is 1.64. The number of hydrogen-bond acceptors (Lipinski definition) is 4. The summed E-state index contributed by atoms with van der Waals surface area (Å²) in [5, 5.41) is 6.31. The molecule has 25 heavy (non-hydrogen) atoms. The summed E-state index contributed by atoms with van der Waals surface area (Å²) in [6.07, 6.45) is 3.04. The standard InChI is InChI=1S/C19H23N3O3/c1-3-13(2)22(12-18(23)20-17-9-10-25-21-17)19(24)16-11-15(16)14-7-5-4-6-8-14/h4-10,13,15-16H,3,11-12H2,1-2H3,(H,20,21,23). The van der Waals surface area contributed by atoms with Crippen LogP contribution in [0.3, 0.4) is 0 Å². The molecule has 6 heteroatoms. The van der Waals surface area contributed by atoms with Gasteiger partial charge < -0.3 is 14.7 Å². The number of amides is 2. The zero-order chi connectivity index (χ0) is 17.8. The van der Waals surface area contributed by atoms with Gasteiger partial charge in [-0.05, 0) is 31.2 Å². The normalized spacial score (nSPS) is 19.9. The van der Waals surface area contributed by atoms with Crippen molar-refractivity contribution in [1.29, 1.82) is 0 Å². The predicted molar refractivity (Wildman–Crippen MR) is 93.9 cm³/mol. The average molecular weight is 341 g/mol. The smallest absolute Gasteiger partial charge is 0.245 e. The highest BCUT2D eigenvalue weighted by Crippen LogP contribution is 2.48. The van der Waals surface area contributed by atoms with E-state index in [1.807, 2.05) is 32.0 Å². The molecular formula is C19H23N3O3. The molecule has 1 aliphatic rings. The van der Waals surface area contributed by atoms with Crippen LogP contribution in [-0.4, -0.2) is 34.5 Å². The van der Waals surface area contributed by atoms with E-state index in [0.717, 1.165) is 12.8 Å². The first-order valence-electron chi connectivity index (χ1n) is 8.65. The van der Waals surface area contributed by atoms with Crippen LogP contribution in [0.1, 0.15) is 38.2 Å². The monoisotopic (exact) mass is 341 g/mol. The Hall–Kier alpha value is -2.63. The molecule has 1 fully saturated rings. The van der Waals surface area contributed by atoms with Crippen LogP contribution in [0.4, 0.5) is 5.82 Å². The molecular weight excluding hydrogens is 318 g/mol. The Labute approximate surface area is 147 Å². The lowest BCUT2D eigenvalue weighted by molar-refractivity contribution is -0.138. The minimum atomic E-state index is -0.264. The SMILES string of the molecule is CCC(C)N(CC(=O)Nc1ccon1)C(=O)C1CC1c1ccccc1. The van der Waals surface area contributed by atoms with Gasteiger partial charge in [0.15, 0.2) is 5.82 Å². The molecule has 3 rings (SSSR count). The van der Waals surface area contributed by atoms with Crippen LogP contribution in [0.5, 0.6) is 0 Å². The second-order valence-corrected chi connectivity index (χ2v) is 6.52. The first-order chi connectivity index (χ1) is 12.1. The van der Waals surface area contributed by atoms with Crippen molar-refractivity contribution in [2.45, 2.75) is 38.6 Å². The molecule has 3 unspecified atom stereocenters. The molecule has 1 aromatic carbocycles. The Kier molecular flexibility index (Phi) is 5.16. The molecule has 0 saturated heterocycles. The van der Waals surface area contributed by atoms with Gasteiger partial charge in [-0.1, -0.05) is 42.4 Å². The summed E-state index contributed by atoms with van der Waals surface area (Å²) in [6.45, 7) is 4.02. The predicted octanol–water partition coefficient (Wildman–Crippen LogP) is 3.04. The highest BCUT2D eigenvalue weighted by Gasteiger charge is 2.46. The van der Waals surface area contributed by atoms with Gasteiger partial charge in [-0.25, -0.2) is 0 Å². The van der Waals surface area contributed by atoms with Crippen molar-refractivity contribution >= 4 is 17.6 Å². The van der Waals surface area contributed by atoms with E-state index in [1.165, 1.54) is 11.8 Å². The van der Waals surface area contributed by atoms with E-state index in [0.29, 0.717) is 5.82 Å². The Morgan fingerprint density at radius 2 is 2.08 bits per heavy atom. The van der Waals surface area contributed by atoms with Gasteiger partial charge in [0.05, 0.1) is 0 Å². The molecule has 0 aliphatic heterocycles. The average Bonchev–Trinajstić information content (AvgIpc) is 3.28. The zero-order valence-electron chi connectivity index (χ0n) is 14.5. The van der Waals surface area contributed by atoms with E-state index in [-0.39, 0.29) is 36.2 Å². The van der Waals surface area contributed by atoms with Crippen LogP contribution in [0.15, 0.2) is 47.2 Å². The Bertz CT molecular complexity index is 715. The van der Waals surface area contributed by atoms with E-state index in [9.17, 15) is 9.59 Å². The van der Waals surface area contributed by atoms with Crippen molar-refractivity contribution in [2.75, 3.05) is 11.9 Å². The molecule has 0 bridgehead atoms. The molecule has 1 heterocycles. The molecule has 0 spiro atoms. The van der Waals surface area contributed by atoms with Crippen LogP contribution >= 0.6 is 0 Å². The maximum absolute atomic E-state index is 12.9. The summed E-state index contributed by atoms with van der Waals surface area (Å²) in [7, 11) is 0. The van der Waals surface area contributed by atoms with Gasteiger partial charge in [-0.2, -0.15) is 0 Å². The molecule has 1 aromatic heterocycles. The van der Waals surface area contributed by atoms with E-state index in [4.69, 9.17) is 4.52 Å². The zero-order valence-corrected chi connectivity index (χ0v) is 14.5.